The first-order chi connectivity index (χ1) is 32.7. The number of Topliss-reactive ketones (excluding diaryl/α,β-unsaturated/α-hetero) is 1. The van der Waals surface area contributed by atoms with E-state index in [4.69, 9.17) is 27.1 Å². The van der Waals surface area contributed by atoms with Gasteiger partial charge in [-0.25, -0.2) is 4.79 Å². The number of nitrogens with two attached hydrogens (primary N) is 3. The van der Waals surface area contributed by atoms with Gasteiger partial charge < -0.3 is 58.0 Å². The van der Waals surface area contributed by atoms with E-state index in [1.54, 1.807) is 27.1 Å². The Morgan fingerprint density at radius 1 is 0.794 bits per heavy atom. The lowest BCUT2D eigenvalue weighted by molar-refractivity contribution is -0.123. The molecule has 392 valence electrons. The normalized spacial score (nSPS) is 10.2. The molecular weight excluding hydrogens is 909 g/mol. The molecule has 2 aromatic carbocycles. The van der Waals surface area contributed by atoms with E-state index in [0.29, 0.717) is 49.0 Å². The van der Waals surface area contributed by atoms with Crippen molar-refractivity contribution in [3.8, 4) is 0 Å². The summed E-state index contributed by atoms with van der Waals surface area (Å²) in [5, 5.41) is 20.0. The minimum absolute atomic E-state index is 0.0557. The van der Waals surface area contributed by atoms with E-state index in [9.17, 15) is 33.6 Å². The first kappa shape index (κ1) is 77.3. The SMILES string of the molecule is CC.CC.CC(C=O)Cc1cccc2ccccc12.CCCC(=O)[C@H](CC)CCC.CCCN=C(N)N.CNCC=C=O.CNCC=O.CN[C@H](CSSCCC(=O)NCC=O)C(N)=O.O=CO. The van der Waals surface area contributed by atoms with E-state index in [2.05, 4.69) is 77.4 Å². The minimum Gasteiger partial charge on any atom is -0.483 e. The van der Waals surface area contributed by atoms with Crippen molar-refractivity contribution in [2.45, 2.75) is 120 Å². The minimum atomic E-state index is -0.385. The Kier molecular flexibility index (Phi) is 75.4. The van der Waals surface area contributed by atoms with Gasteiger partial charge in [0.15, 0.2) is 5.96 Å². The lowest BCUT2D eigenvalue weighted by Gasteiger charge is -2.10. The number of benzene rings is 2. The zero-order chi connectivity index (χ0) is 53.8. The Bertz CT molecular complexity index is 1560. The summed E-state index contributed by atoms with van der Waals surface area (Å²) in [6.45, 7) is 19.9. The Hall–Kier alpha value is -4.91. The predicted molar refractivity (Wildman–Crippen MR) is 289 cm³/mol. The van der Waals surface area contributed by atoms with Crippen molar-refractivity contribution < 1.29 is 43.5 Å². The van der Waals surface area contributed by atoms with E-state index in [1.807, 2.05) is 53.7 Å². The maximum Gasteiger partial charge on any atom is 0.290 e. The van der Waals surface area contributed by atoms with Gasteiger partial charge >= 0.3 is 0 Å². The summed E-state index contributed by atoms with van der Waals surface area (Å²) in [4.78, 5) is 84.7. The molecule has 0 radical (unpaired) electrons. The maximum absolute atomic E-state index is 11.4. The number of rotatable bonds is 25. The number of amides is 2. The summed E-state index contributed by atoms with van der Waals surface area (Å²) < 4.78 is 0. The second-order valence-electron chi connectivity index (χ2n) is 13.2. The van der Waals surface area contributed by atoms with Gasteiger partial charge in [0.05, 0.1) is 19.1 Å². The highest BCUT2D eigenvalue weighted by Crippen LogP contribution is 2.23. The third-order valence-corrected chi connectivity index (χ3v) is 10.2. The van der Waals surface area contributed by atoms with Gasteiger partial charge in [0.2, 0.25) is 11.8 Å². The first-order valence-electron chi connectivity index (χ1n) is 23.1. The van der Waals surface area contributed by atoms with Gasteiger partial charge in [-0.2, -0.15) is 0 Å². The molecule has 0 saturated carbocycles. The number of nitrogens with one attached hydrogen (secondary N) is 4. The van der Waals surface area contributed by atoms with Crippen LogP contribution in [0.2, 0.25) is 0 Å². The van der Waals surface area contributed by atoms with Crippen molar-refractivity contribution in [1.82, 2.24) is 21.3 Å². The molecule has 0 fully saturated rings. The largest absolute Gasteiger partial charge is 0.483 e. The number of nitrogens with zero attached hydrogens (tertiary/aromatic N) is 1. The van der Waals surface area contributed by atoms with Crippen LogP contribution in [0.3, 0.4) is 0 Å². The van der Waals surface area contributed by atoms with Crippen LogP contribution in [0.4, 0.5) is 0 Å². The Labute approximate surface area is 417 Å². The van der Waals surface area contributed by atoms with Crippen LogP contribution in [-0.2, 0) is 44.8 Å². The van der Waals surface area contributed by atoms with E-state index < -0.39 is 0 Å². The number of ketones is 1. The second kappa shape index (κ2) is 66.4. The number of hydrogen-bond donors (Lipinski definition) is 8. The smallest absolute Gasteiger partial charge is 0.290 e. The molecule has 1 unspecified atom stereocenters. The molecule has 0 aliphatic heterocycles. The molecule has 2 aromatic rings. The standard InChI is InChI=1S/C14H14O.C10H20O.C9H17N3O3S2.C4H11N3.C4H7NO.C3H7NO.2C2H6.CH2O2/c1-11(10-15)9-13-7-4-6-12-5-2-3-8-14(12)13;1-4-7-9(6-3)10(11)8-5-2;1-11-7(9(10)15)6-17-16-5-2-8(14)12-3-4-13;1-2-3-7-4(5)6;1-5-3-2-4-6;1-4-2-3-5;2*1-2;2-1-3/h2-8,10-11H,9H2,1H3;9H,4-8H2,1-3H3;4,7,11H,2-3,5-6H2,1H3,(H2,10,15)(H,12,14);2-3H2,1H3,(H4,5,6,7);2,5H,3H2,1H3;3-4H,2H2,1H3;2*1-2H3;1H,(H,2,3)/t;9-;7-;;;;;;/m.11....../s1. The predicted octanol–water partition coefficient (Wildman–Crippen LogP) is 5.97. The van der Waals surface area contributed by atoms with Gasteiger partial charge in [-0.1, -0.05) is 133 Å². The number of carboxylic acid groups (broad SMARTS) is 1. The molecule has 19 heteroatoms. The van der Waals surface area contributed by atoms with Crippen molar-refractivity contribution in [3.63, 3.8) is 0 Å². The zero-order valence-corrected chi connectivity index (χ0v) is 44.9. The zero-order valence-electron chi connectivity index (χ0n) is 43.3. The molecule has 11 N–H and O–H groups in total. The summed E-state index contributed by atoms with van der Waals surface area (Å²) in [6.07, 6.45) is 11.1. The van der Waals surface area contributed by atoms with E-state index in [1.165, 1.54) is 44.0 Å². The number of guanidine groups is 1. The number of fused-ring (bicyclic) bond motifs is 1. The second-order valence-corrected chi connectivity index (χ2v) is 15.8. The molecule has 0 bridgehead atoms. The van der Waals surface area contributed by atoms with E-state index in [-0.39, 0.29) is 42.8 Å². The van der Waals surface area contributed by atoms with Crippen LogP contribution < -0.4 is 38.5 Å². The summed E-state index contributed by atoms with van der Waals surface area (Å²) in [7, 11) is 8.16. The molecule has 0 aromatic heterocycles. The van der Waals surface area contributed by atoms with Crippen LogP contribution >= 0.6 is 21.6 Å². The topological polar surface area (TPSA) is 295 Å². The Morgan fingerprint density at radius 3 is 1.76 bits per heavy atom. The number of primary amides is 1. The molecule has 2 rings (SSSR count). The fourth-order valence-corrected chi connectivity index (χ4v) is 6.84. The lowest BCUT2D eigenvalue weighted by atomic mass is 9.93. The molecule has 17 nitrogen and oxygen atoms in total. The van der Waals surface area contributed by atoms with Crippen molar-refractivity contribution in [3.05, 3.63) is 54.1 Å². The first-order valence-corrected chi connectivity index (χ1v) is 25.6. The number of aldehydes is 3. The molecule has 3 atom stereocenters. The third-order valence-electron chi connectivity index (χ3n) is 7.74. The molecule has 2 amide bonds. The van der Waals surface area contributed by atoms with Crippen LogP contribution in [0.1, 0.15) is 113 Å². The van der Waals surface area contributed by atoms with Crippen molar-refractivity contribution in [2.24, 2.45) is 34.0 Å². The summed E-state index contributed by atoms with van der Waals surface area (Å²) in [5.74, 6) is 3.38. The Morgan fingerprint density at radius 2 is 1.37 bits per heavy atom. The maximum atomic E-state index is 11.4. The van der Waals surface area contributed by atoms with Crippen molar-refractivity contribution in [1.29, 1.82) is 0 Å². The number of aliphatic imine (C=N–C) groups is 1. The number of carbonyl (C=O) groups is 7. The average Bonchev–Trinajstić information content (AvgIpc) is 3.35. The molecule has 0 heterocycles. The van der Waals surface area contributed by atoms with E-state index in [0.717, 1.165) is 64.1 Å². The molecule has 0 aliphatic rings. The highest BCUT2D eigenvalue weighted by molar-refractivity contribution is 8.76. The fourth-order valence-electron chi connectivity index (χ4n) is 4.59. The highest BCUT2D eigenvalue weighted by Gasteiger charge is 2.14. The molecule has 0 spiro atoms. The average molecular weight is 999 g/mol. The molecular formula is C49H90N8O9S2. The van der Waals surface area contributed by atoms with Gasteiger partial charge in [0, 0.05) is 55.3 Å². The van der Waals surface area contributed by atoms with Crippen LogP contribution in [0, 0.1) is 11.8 Å². The number of hydrogen-bond acceptors (Lipinski definition) is 14. The van der Waals surface area contributed by atoms with Gasteiger partial charge in [-0.05, 0) is 69.6 Å². The molecule has 0 saturated heterocycles. The van der Waals surface area contributed by atoms with Crippen LogP contribution in [0.5, 0.6) is 0 Å². The third kappa shape index (κ3) is 59.1. The summed E-state index contributed by atoms with van der Waals surface area (Å²) in [6, 6.07) is 14.2. The quantitative estimate of drug-likeness (QED) is 0.0142. The van der Waals surface area contributed by atoms with E-state index >= 15 is 0 Å². The van der Waals surface area contributed by atoms with Crippen molar-refractivity contribution in [2.75, 3.05) is 58.8 Å². The van der Waals surface area contributed by atoms with Gasteiger partial charge in [-0.15, -0.1) is 0 Å². The molecule has 0 aliphatic carbocycles. The summed E-state index contributed by atoms with van der Waals surface area (Å²) in [5.41, 5.74) is 16.4. The number of carbonyl (C=O) groups excluding carboxylic acids is 7. The number of likely N-dealkylation sites (N-methyl/N-ethyl adjacent to an activating group) is 3. The monoisotopic (exact) mass is 999 g/mol. The van der Waals surface area contributed by atoms with Gasteiger partial charge in [0.25, 0.3) is 6.47 Å². The molecule has 68 heavy (non-hydrogen) atoms. The van der Waals surface area contributed by atoms with Crippen LogP contribution in [0.15, 0.2) is 53.5 Å². The fraction of sp³-hybridized carbons (Fsp3) is 0.592. The van der Waals surface area contributed by atoms with Gasteiger partial charge in [-0.3, -0.25) is 24.2 Å². The summed E-state index contributed by atoms with van der Waals surface area (Å²) >= 11 is 0. The Balaban J connectivity index is -0.000000134. The van der Waals surface area contributed by atoms with Crippen LogP contribution in [0.25, 0.3) is 10.8 Å². The highest BCUT2D eigenvalue weighted by atomic mass is 33.1. The van der Waals surface area contributed by atoms with Crippen molar-refractivity contribution >= 4 is 87.2 Å². The van der Waals surface area contributed by atoms with Gasteiger partial charge in [0.1, 0.15) is 30.6 Å². The van der Waals surface area contributed by atoms with Crippen LogP contribution in [-0.4, -0.2) is 125 Å². The lowest BCUT2D eigenvalue weighted by Crippen LogP contribution is -2.40.